The Morgan fingerprint density at radius 3 is 2.55 bits per heavy atom. The fourth-order valence-corrected chi connectivity index (χ4v) is 3.76. The van der Waals surface area contributed by atoms with Gasteiger partial charge in [0.2, 0.25) is 5.91 Å². The summed E-state index contributed by atoms with van der Waals surface area (Å²) >= 11 is 5.98. The first-order chi connectivity index (χ1) is 10.6. The van der Waals surface area contributed by atoms with Crippen LogP contribution < -0.4 is 0 Å². The summed E-state index contributed by atoms with van der Waals surface area (Å²) in [5, 5.41) is 0.717. The van der Waals surface area contributed by atoms with E-state index in [1.165, 1.54) is 6.42 Å². The average molecular weight is 322 g/mol. The summed E-state index contributed by atoms with van der Waals surface area (Å²) in [6, 6.07) is 7.78. The molecule has 1 amide bonds. The van der Waals surface area contributed by atoms with Gasteiger partial charge in [0.25, 0.3) is 0 Å². The molecule has 1 aliphatic heterocycles. The van der Waals surface area contributed by atoms with E-state index in [0.29, 0.717) is 6.54 Å². The molecular weight excluding hydrogens is 298 g/mol. The lowest BCUT2D eigenvalue weighted by Gasteiger charge is -2.44. The largest absolute Gasteiger partial charge is 0.376 e. The number of ether oxygens (including phenoxy) is 1. The van der Waals surface area contributed by atoms with Crippen molar-refractivity contribution in [1.29, 1.82) is 0 Å². The number of hydrogen-bond donors (Lipinski definition) is 0. The third-order valence-corrected chi connectivity index (χ3v) is 5.36. The van der Waals surface area contributed by atoms with Crippen LogP contribution >= 0.6 is 11.6 Å². The van der Waals surface area contributed by atoms with Crippen molar-refractivity contribution in [3.63, 3.8) is 0 Å². The highest BCUT2D eigenvalue weighted by molar-refractivity contribution is 6.30. The van der Waals surface area contributed by atoms with Gasteiger partial charge in [0, 0.05) is 25.2 Å². The summed E-state index contributed by atoms with van der Waals surface area (Å²) < 4.78 is 5.77. The number of benzene rings is 1. The molecule has 0 aromatic heterocycles. The molecule has 1 saturated heterocycles. The Morgan fingerprint density at radius 2 is 2.00 bits per heavy atom. The van der Waals surface area contributed by atoms with Crippen molar-refractivity contribution >= 4 is 17.5 Å². The molecule has 120 valence electrons. The van der Waals surface area contributed by atoms with E-state index in [-0.39, 0.29) is 17.4 Å². The maximum Gasteiger partial charge on any atom is 0.233 e. The minimum atomic E-state index is -0.339. The maximum absolute atomic E-state index is 13.0. The number of rotatable bonds is 4. The van der Waals surface area contributed by atoms with Gasteiger partial charge in [0.15, 0.2) is 0 Å². The molecule has 3 rings (SSSR count). The quantitative estimate of drug-likeness (QED) is 0.844. The Balaban J connectivity index is 1.71. The van der Waals surface area contributed by atoms with Gasteiger partial charge in [0.1, 0.15) is 0 Å². The molecular formula is C18H24ClNO2. The SMILES string of the molecule is CN(CC1CCCCO1)C(=O)C1(c2ccc(Cl)cc2)CCC1. The predicted octanol–water partition coefficient (Wildman–Crippen LogP) is 3.79. The number of carbonyl (C=O) groups excluding carboxylic acids is 1. The van der Waals surface area contributed by atoms with Crippen LogP contribution in [0.25, 0.3) is 0 Å². The fraction of sp³-hybridized carbons (Fsp3) is 0.611. The van der Waals surface area contributed by atoms with Crippen molar-refractivity contribution in [2.24, 2.45) is 0 Å². The molecule has 2 fully saturated rings. The summed E-state index contributed by atoms with van der Waals surface area (Å²) in [5.41, 5.74) is 0.762. The van der Waals surface area contributed by atoms with Gasteiger partial charge in [-0.05, 0) is 49.8 Å². The van der Waals surface area contributed by atoms with E-state index >= 15 is 0 Å². The highest BCUT2D eigenvalue weighted by Gasteiger charge is 2.47. The molecule has 1 unspecified atom stereocenters. The van der Waals surface area contributed by atoms with Crippen molar-refractivity contribution < 1.29 is 9.53 Å². The van der Waals surface area contributed by atoms with E-state index in [9.17, 15) is 4.79 Å². The molecule has 0 radical (unpaired) electrons. The van der Waals surface area contributed by atoms with E-state index in [1.54, 1.807) is 0 Å². The number of hydrogen-bond acceptors (Lipinski definition) is 2. The van der Waals surface area contributed by atoms with Crippen LogP contribution in [0.1, 0.15) is 44.1 Å². The fourth-order valence-electron chi connectivity index (χ4n) is 3.63. The number of nitrogens with zero attached hydrogens (tertiary/aromatic N) is 1. The molecule has 1 atom stereocenters. The monoisotopic (exact) mass is 321 g/mol. The van der Waals surface area contributed by atoms with Crippen LogP contribution in [0.2, 0.25) is 5.02 Å². The second-order valence-corrected chi connectivity index (χ2v) is 7.05. The normalized spacial score (nSPS) is 23.6. The summed E-state index contributed by atoms with van der Waals surface area (Å²) in [5.74, 6) is 0.232. The first kappa shape index (κ1) is 15.8. The zero-order chi connectivity index (χ0) is 15.6. The highest BCUT2D eigenvalue weighted by Crippen LogP contribution is 2.45. The van der Waals surface area contributed by atoms with Crippen LogP contribution in [0, 0.1) is 0 Å². The first-order valence-corrected chi connectivity index (χ1v) is 8.63. The smallest absolute Gasteiger partial charge is 0.233 e. The predicted molar refractivity (Wildman–Crippen MR) is 88.2 cm³/mol. The molecule has 1 saturated carbocycles. The van der Waals surface area contributed by atoms with Gasteiger partial charge in [0.05, 0.1) is 11.5 Å². The van der Waals surface area contributed by atoms with Gasteiger partial charge < -0.3 is 9.64 Å². The van der Waals surface area contributed by atoms with Gasteiger partial charge in [-0.25, -0.2) is 0 Å². The molecule has 0 spiro atoms. The Bertz CT molecular complexity index is 518. The molecule has 2 aliphatic rings. The minimum absolute atomic E-state index is 0.199. The van der Waals surface area contributed by atoms with E-state index in [0.717, 1.165) is 49.3 Å². The van der Waals surface area contributed by atoms with E-state index < -0.39 is 0 Å². The lowest BCUT2D eigenvalue weighted by Crippen LogP contribution is -2.51. The number of halogens is 1. The maximum atomic E-state index is 13.0. The molecule has 1 aliphatic carbocycles. The molecule has 1 heterocycles. The number of likely N-dealkylation sites (N-methyl/N-ethyl adjacent to an activating group) is 1. The zero-order valence-electron chi connectivity index (χ0n) is 13.2. The van der Waals surface area contributed by atoms with Gasteiger partial charge in [-0.15, -0.1) is 0 Å². The highest BCUT2D eigenvalue weighted by atomic mass is 35.5. The third kappa shape index (κ3) is 3.02. The van der Waals surface area contributed by atoms with Gasteiger partial charge in [-0.2, -0.15) is 0 Å². The lowest BCUT2D eigenvalue weighted by molar-refractivity contribution is -0.142. The van der Waals surface area contributed by atoms with Gasteiger partial charge in [-0.1, -0.05) is 30.2 Å². The Hall–Kier alpha value is -1.06. The standard InChI is InChI=1S/C18H24ClNO2/c1-20(13-16-5-2-3-12-22-16)17(21)18(10-4-11-18)14-6-8-15(19)9-7-14/h6-9,16H,2-5,10-13H2,1H3. The van der Waals surface area contributed by atoms with Gasteiger partial charge in [-0.3, -0.25) is 4.79 Å². The van der Waals surface area contributed by atoms with E-state index in [1.807, 2.05) is 36.2 Å². The van der Waals surface area contributed by atoms with Crippen molar-refractivity contribution in [3.8, 4) is 0 Å². The second-order valence-electron chi connectivity index (χ2n) is 6.62. The van der Waals surface area contributed by atoms with Crippen molar-refractivity contribution in [1.82, 2.24) is 4.90 Å². The van der Waals surface area contributed by atoms with Gasteiger partial charge >= 0.3 is 0 Å². The minimum Gasteiger partial charge on any atom is -0.376 e. The van der Waals surface area contributed by atoms with Crippen LogP contribution in [0.15, 0.2) is 24.3 Å². The molecule has 0 bridgehead atoms. The Kier molecular flexibility index (Phi) is 4.74. The third-order valence-electron chi connectivity index (χ3n) is 5.11. The Labute approximate surface area is 137 Å². The average Bonchev–Trinajstić information content (AvgIpc) is 2.49. The van der Waals surface area contributed by atoms with Crippen molar-refractivity contribution in [3.05, 3.63) is 34.9 Å². The van der Waals surface area contributed by atoms with Crippen molar-refractivity contribution in [2.75, 3.05) is 20.2 Å². The van der Waals surface area contributed by atoms with Crippen LogP contribution in [0.4, 0.5) is 0 Å². The lowest BCUT2D eigenvalue weighted by atomic mass is 9.63. The zero-order valence-corrected chi connectivity index (χ0v) is 13.9. The molecule has 1 aromatic carbocycles. The Morgan fingerprint density at radius 1 is 1.27 bits per heavy atom. The molecule has 22 heavy (non-hydrogen) atoms. The van der Waals surface area contributed by atoms with Crippen LogP contribution in [0.3, 0.4) is 0 Å². The molecule has 4 heteroatoms. The molecule has 0 N–H and O–H groups in total. The van der Waals surface area contributed by atoms with Crippen molar-refractivity contribution in [2.45, 2.75) is 50.0 Å². The topological polar surface area (TPSA) is 29.5 Å². The number of amides is 1. The summed E-state index contributed by atoms with van der Waals surface area (Å²) in [7, 11) is 1.91. The summed E-state index contributed by atoms with van der Waals surface area (Å²) in [4.78, 5) is 14.9. The van der Waals surface area contributed by atoms with E-state index in [4.69, 9.17) is 16.3 Å². The second kappa shape index (κ2) is 6.59. The summed E-state index contributed by atoms with van der Waals surface area (Å²) in [6.45, 7) is 1.53. The van der Waals surface area contributed by atoms with Crippen LogP contribution in [-0.4, -0.2) is 37.1 Å². The van der Waals surface area contributed by atoms with Crippen LogP contribution in [0.5, 0.6) is 0 Å². The summed E-state index contributed by atoms with van der Waals surface area (Å²) in [6.07, 6.45) is 6.59. The first-order valence-electron chi connectivity index (χ1n) is 8.25. The molecule has 3 nitrogen and oxygen atoms in total. The van der Waals surface area contributed by atoms with Crippen LogP contribution in [-0.2, 0) is 14.9 Å². The number of carbonyl (C=O) groups is 1. The molecule has 1 aromatic rings. The van der Waals surface area contributed by atoms with E-state index in [2.05, 4.69) is 0 Å².